The third kappa shape index (κ3) is 5.59. The van der Waals surface area contributed by atoms with E-state index in [9.17, 15) is 4.79 Å². The number of likely N-dealkylation sites (tertiary alicyclic amines) is 1. The van der Waals surface area contributed by atoms with Crippen LogP contribution in [0.15, 0.2) is 39.9 Å². The normalized spacial score (nSPS) is 17.1. The molecule has 1 aromatic carbocycles. The lowest BCUT2D eigenvalue weighted by Gasteiger charge is -2.20. The van der Waals surface area contributed by atoms with Crippen molar-refractivity contribution in [2.24, 2.45) is 10.9 Å². The van der Waals surface area contributed by atoms with Gasteiger partial charge >= 0.3 is 0 Å². The van der Waals surface area contributed by atoms with Crippen LogP contribution in [0, 0.1) is 12.8 Å². The van der Waals surface area contributed by atoms with Crippen molar-refractivity contribution in [1.82, 2.24) is 20.5 Å². The minimum absolute atomic E-state index is 0.0329. The molecule has 2 aromatic rings. The van der Waals surface area contributed by atoms with Gasteiger partial charge in [0.1, 0.15) is 12.0 Å². The van der Waals surface area contributed by atoms with Gasteiger partial charge in [-0.3, -0.25) is 4.79 Å². The number of nitrogens with one attached hydrogen (secondary N) is 2. The van der Waals surface area contributed by atoms with E-state index in [0.29, 0.717) is 19.0 Å². The van der Waals surface area contributed by atoms with E-state index in [4.69, 9.17) is 4.42 Å². The highest BCUT2D eigenvalue weighted by atomic mass is 16.3. The number of amides is 1. The predicted molar refractivity (Wildman–Crippen MR) is 114 cm³/mol. The van der Waals surface area contributed by atoms with Gasteiger partial charge in [0, 0.05) is 37.2 Å². The summed E-state index contributed by atoms with van der Waals surface area (Å²) in [5.41, 5.74) is 2.93. The Morgan fingerprint density at radius 3 is 2.79 bits per heavy atom. The van der Waals surface area contributed by atoms with Gasteiger partial charge in [-0.25, -0.2) is 9.98 Å². The van der Waals surface area contributed by atoms with E-state index in [1.165, 1.54) is 5.56 Å². The first-order chi connectivity index (χ1) is 14.0. The van der Waals surface area contributed by atoms with Crippen LogP contribution >= 0.6 is 0 Å². The van der Waals surface area contributed by atoms with Crippen LogP contribution in [-0.4, -0.2) is 47.4 Å². The molecular weight excluding hydrogens is 366 g/mol. The number of aliphatic imine (C=N–C) groups is 1. The maximum atomic E-state index is 12.2. The van der Waals surface area contributed by atoms with Crippen molar-refractivity contribution in [1.29, 1.82) is 0 Å². The fraction of sp³-hybridized carbons (Fsp3) is 0.500. The van der Waals surface area contributed by atoms with Crippen molar-refractivity contribution >= 4 is 11.9 Å². The van der Waals surface area contributed by atoms with E-state index in [2.05, 4.69) is 27.5 Å². The van der Waals surface area contributed by atoms with Crippen LogP contribution < -0.4 is 10.6 Å². The van der Waals surface area contributed by atoms with Crippen molar-refractivity contribution in [2.75, 3.05) is 19.6 Å². The summed E-state index contributed by atoms with van der Waals surface area (Å²) in [5, 5.41) is 6.71. The Labute approximate surface area is 172 Å². The second-order valence-electron chi connectivity index (χ2n) is 7.77. The predicted octanol–water partition coefficient (Wildman–Crippen LogP) is 2.96. The minimum atomic E-state index is 0.0329. The van der Waals surface area contributed by atoms with Gasteiger partial charge in [-0.1, -0.05) is 31.5 Å². The van der Waals surface area contributed by atoms with E-state index >= 15 is 0 Å². The first-order valence-corrected chi connectivity index (χ1v) is 10.3. The molecule has 3 rings (SSSR count). The third-order valence-corrected chi connectivity index (χ3v) is 4.93. The largest absolute Gasteiger partial charge is 0.444 e. The number of hydrogen-bond donors (Lipinski definition) is 2. The van der Waals surface area contributed by atoms with Gasteiger partial charge < -0.3 is 20.0 Å². The Morgan fingerprint density at radius 2 is 2.10 bits per heavy atom. The first kappa shape index (κ1) is 20.9. The van der Waals surface area contributed by atoms with Gasteiger partial charge in [0.2, 0.25) is 11.8 Å². The molecule has 2 heterocycles. The molecule has 1 saturated heterocycles. The summed E-state index contributed by atoms with van der Waals surface area (Å²) >= 11 is 0. The van der Waals surface area contributed by atoms with Crippen molar-refractivity contribution in [3.05, 3.63) is 41.8 Å². The van der Waals surface area contributed by atoms with Crippen LogP contribution in [-0.2, 0) is 11.3 Å². The summed E-state index contributed by atoms with van der Waals surface area (Å²) in [6.45, 7) is 10.7. The quantitative estimate of drug-likeness (QED) is 0.578. The second kappa shape index (κ2) is 9.58. The average molecular weight is 398 g/mol. The fourth-order valence-electron chi connectivity index (χ4n) is 3.33. The molecule has 0 radical (unpaired) electrons. The van der Waals surface area contributed by atoms with Gasteiger partial charge in [-0.15, -0.1) is 0 Å². The van der Waals surface area contributed by atoms with Crippen LogP contribution in [0.5, 0.6) is 0 Å². The van der Waals surface area contributed by atoms with Crippen molar-refractivity contribution in [3.8, 4) is 11.5 Å². The lowest BCUT2D eigenvalue weighted by Crippen LogP contribution is -2.45. The van der Waals surface area contributed by atoms with Crippen LogP contribution in [0.2, 0.25) is 0 Å². The van der Waals surface area contributed by atoms with Crippen molar-refractivity contribution in [2.45, 2.75) is 46.7 Å². The number of guanidine groups is 1. The Hall–Kier alpha value is -2.83. The fourth-order valence-corrected chi connectivity index (χ4v) is 3.33. The van der Waals surface area contributed by atoms with Crippen LogP contribution in [0.25, 0.3) is 11.5 Å². The monoisotopic (exact) mass is 397 g/mol. The summed E-state index contributed by atoms with van der Waals surface area (Å²) in [6, 6.07) is 8.30. The van der Waals surface area contributed by atoms with E-state index in [1.807, 2.05) is 49.9 Å². The van der Waals surface area contributed by atoms with Crippen LogP contribution in [0.1, 0.15) is 38.4 Å². The highest BCUT2D eigenvalue weighted by Gasteiger charge is 2.27. The molecule has 0 saturated carbocycles. The number of benzene rings is 1. The second-order valence-corrected chi connectivity index (χ2v) is 7.77. The summed E-state index contributed by atoms with van der Waals surface area (Å²) in [4.78, 5) is 23.3. The van der Waals surface area contributed by atoms with Gasteiger partial charge in [0.25, 0.3) is 0 Å². The lowest BCUT2D eigenvalue weighted by atomic mass is 10.1. The summed E-state index contributed by atoms with van der Waals surface area (Å²) in [5.74, 6) is 1.58. The molecule has 1 aliphatic rings. The Balaban J connectivity index is 1.60. The van der Waals surface area contributed by atoms with Crippen LogP contribution in [0.3, 0.4) is 0 Å². The molecular formula is C22H31N5O2. The molecule has 156 valence electrons. The SMILES string of the molecule is CCNC(=NCc1coc(-c2ccc(C)cc2)n1)NC1CCN(C(=O)C(C)C)C1. The third-order valence-electron chi connectivity index (χ3n) is 4.93. The molecule has 1 unspecified atom stereocenters. The van der Waals surface area contributed by atoms with E-state index < -0.39 is 0 Å². The number of nitrogens with zero attached hydrogens (tertiary/aromatic N) is 3. The maximum Gasteiger partial charge on any atom is 0.226 e. The summed E-state index contributed by atoms with van der Waals surface area (Å²) < 4.78 is 5.61. The topological polar surface area (TPSA) is 82.8 Å². The Kier molecular flexibility index (Phi) is 6.90. The molecule has 1 atom stereocenters. The number of hydrogen-bond acceptors (Lipinski definition) is 4. The Bertz CT molecular complexity index is 841. The number of oxazole rings is 1. The van der Waals surface area contributed by atoms with Gasteiger partial charge in [0.15, 0.2) is 5.96 Å². The standard InChI is InChI=1S/C22H31N5O2/c1-5-23-22(26-18-10-11-27(13-18)21(28)15(2)3)24-12-19-14-29-20(25-19)17-8-6-16(4)7-9-17/h6-9,14-15,18H,5,10-13H2,1-4H3,(H2,23,24,26). The average Bonchev–Trinajstić information content (AvgIpc) is 3.36. The highest BCUT2D eigenvalue weighted by Crippen LogP contribution is 2.19. The number of carbonyl (C=O) groups is 1. The van der Waals surface area contributed by atoms with Gasteiger partial charge in [-0.05, 0) is 32.4 Å². The number of carbonyl (C=O) groups excluding carboxylic acids is 1. The first-order valence-electron chi connectivity index (χ1n) is 10.3. The lowest BCUT2D eigenvalue weighted by molar-refractivity contribution is -0.133. The molecule has 2 N–H and O–H groups in total. The molecule has 1 amide bonds. The van der Waals surface area contributed by atoms with E-state index in [1.54, 1.807) is 6.26 Å². The molecule has 1 fully saturated rings. The maximum absolute atomic E-state index is 12.2. The summed E-state index contributed by atoms with van der Waals surface area (Å²) in [7, 11) is 0. The van der Waals surface area contributed by atoms with Gasteiger partial charge in [0.05, 0.1) is 6.54 Å². The summed E-state index contributed by atoms with van der Waals surface area (Å²) in [6.07, 6.45) is 2.57. The molecule has 29 heavy (non-hydrogen) atoms. The van der Waals surface area contributed by atoms with Gasteiger partial charge in [-0.2, -0.15) is 0 Å². The van der Waals surface area contributed by atoms with E-state index in [0.717, 1.165) is 36.7 Å². The molecule has 0 spiro atoms. The van der Waals surface area contributed by atoms with Crippen molar-refractivity contribution in [3.63, 3.8) is 0 Å². The molecule has 0 aliphatic carbocycles. The van der Waals surface area contributed by atoms with Crippen molar-refractivity contribution < 1.29 is 9.21 Å². The number of rotatable bonds is 6. The number of aromatic nitrogens is 1. The smallest absolute Gasteiger partial charge is 0.226 e. The zero-order valence-electron chi connectivity index (χ0n) is 17.7. The minimum Gasteiger partial charge on any atom is -0.444 e. The zero-order valence-corrected chi connectivity index (χ0v) is 17.7. The van der Waals surface area contributed by atoms with E-state index in [-0.39, 0.29) is 17.9 Å². The zero-order chi connectivity index (χ0) is 20.8. The molecule has 1 aliphatic heterocycles. The Morgan fingerprint density at radius 1 is 1.34 bits per heavy atom. The highest BCUT2D eigenvalue weighted by molar-refractivity contribution is 5.81. The molecule has 1 aromatic heterocycles. The molecule has 7 heteroatoms. The molecule has 0 bridgehead atoms. The number of aryl methyl sites for hydroxylation is 1. The molecule has 7 nitrogen and oxygen atoms in total. The van der Waals surface area contributed by atoms with Crippen LogP contribution in [0.4, 0.5) is 0 Å².